The lowest BCUT2D eigenvalue weighted by Gasteiger charge is -2.34. The minimum atomic E-state index is -0.0293. The van der Waals surface area contributed by atoms with Crippen LogP contribution in [0.3, 0.4) is 0 Å². The fraction of sp³-hybridized carbons (Fsp3) is 0.750. The summed E-state index contributed by atoms with van der Waals surface area (Å²) in [6.45, 7) is 10.4. The molecule has 0 spiro atoms. The van der Waals surface area contributed by atoms with Crippen LogP contribution in [0, 0.1) is 18.8 Å². The van der Waals surface area contributed by atoms with Crippen LogP contribution in [0.1, 0.15) is 74.7 Å². The fourth-order valence-corrected chi connectivity index (χ4v) is 3.08. The van der Waals surface area contributed by atoms with Gasteiger partial charge in [0.15, 0.2) is 5.76 Å². The molecule has 3 atom stereocenters. The van der Waals surface area contributed by atoms with E-state index >= 15 is 0 Å². The Labute approximate surface area is 121 Å². The van der Waals surface area contributed by atoms with Gasteiger partial charge >= 0.3 is 0 Å². The van der Waals surface area contributed by atoms with Crippen molar-refractivity contribution in [2.45, 2.75) is 65.8 Å². The third-order valence-corrected chi connectivity index (χ3v) is 4.66. The number of carbonyl (C=O) groups excluding carboxylic acids is 1. The quantitative estimate of drug-likeness (QED) is 0.918. The molecule has 1 heterocycles. The molecule has 112 valence electrons. The van der Waals surface area contributed by atoms with Gasteiger partial charge in [-0.15, -0.1) is 0 Å². The van der Waals surface area contributed by atoms with Gasteiger partial charge in [-0.1, -0.05) is 45.7 Å². The second kappa shape index (κ2) is 5.98. The minimum Gasteiger partial charge on any atom is -0.360 e. The zero-order chi connectivity index (χ0) is 14.9. The second-order valence-electron chi connectivity index (χ2n) is 6.51. The molecule has 0 aliphatic heterocycles. The SMILES string of the molecule is Cc1noc(C(C)C)c1C(=O)NC1CCCC(C)C1C. The number of hydrogen-bond donors (Lipinski definition) is 1. The van der Waals surface area contributed by atoms with E-state index in [1.54, 1.807) is 0 Å². The molecule has 1 N–H and O–H groups in total. The van der Waals surface area contributed by atoms with Gasteiger partial charge in [-0.05, 0) is 25.2 Å². The van der Waals surface area contributed by atoms with Gasteiger partial charge in [0.2, 0.25) is 0 Å². The first-order chi connectivity index (χ1) is 9.41. The van der Waals surface area contributed by atoms with Crippen molar-refractivity contribution in [2.24, 2.45) is 11.8 Å². The number of hydrogen-bond acceptors (Lipinski definition) is 3. The second-order valence-corrected chi connectivity index (χ2v) is 6.51. The largest absolute Gasteiger partial charge is 0.360 e. The highest BCUT2D eigenvalue weighted by Gasteiger charge is 2.30. The molecule has 1 aliphatic carbocycles. The molecule has 4 heteroatoms. The van der Waals surface area contributed by atoms with Crippen LogP contribution in [0.5, 0.6) is 0 Å². The molecule has 3 unspecified atom stereocenters. The summed E-state index contributed by atoms with van der Waals surface area (Å²) in [5, 5.41) is 7.15. The van der Waals surface area contributed by atoms with Gasteiger partial charge in [-0.25, -0.2) is 0 Å². The van der Waals surface area contributed by atoms with Gasteiger partial charge in [-0.2, -0.15) is 0 Å². The number of aromatic nitrogens is 1. The summed E-state index contributed by atoms with van der Waals surface area (Å²) in [7, 11) is 0. The number of carbonyl (C=O) groups is 1. The van der Waals surface area contributed by atoms with Crippen LogP contribution in [-0.4, -0.2) is 17.1 Å². The summed E-state index contributed by atoms with van der Waals surface area (Å²) in [5.74, 6) is 2.02. The highest BCUT2D eigenvalue weighted by Crippen LogP contribution is 2.30. The Balaban J connectivity index is 2.14. The molecule has 1 saturated carbocycles. The van der Waals surface area contributed by atoms with Crippen molar-refractivity contribution >= 4 is 5.91 Å². The zero-order valence-corrected chi connectivity index (χ0v) is 13.2. The minimum absolute atomic E-state index is 0.0293. The molecule has 1 aliphatic rings. The number of nitrogens with one attached hydrogen (secondary N) is 1. The molecule has 0 aromatic carbocycles. The highest BCUT2D eigenvalue weighted by atomic mass is 16.5. The normalized spacial score (nSPS) is 26.8. The lowest BCUT2D eigenvalue weighted by molar-refractivity contribution is 0.0888. The topological polar surface area (TPSA) is 55.1 Å². The van der Waals surface area contributed by atoms with Crippen LogP contribution in [-0.2, 0) is 0 Å². The maximum Gasteiger partial charge on any atom is 0.257 e. The third-order valence-electron chi connectivity index (χ3n) is 4.66. The van der Waals surface area contributed by atoms with Crippen molar-refractivity contribution in [1.82, 2.24) is 10.5 Å². The molecule has 20 heavy (non-hydrogen) atoms. The lowest BCUT2D eigenvalue weighted by atomic mass is 9.78. The van der Waals surface area contributed by atoms with Crippen LogP contribution in [0.2, 0.25) is 0 Å². The van der Waals surface area contributed by atoms with Crippen molar-refractivity contribution in [1.29, 1.82) is 0 Å². The predicted octanol–water partition coefficient (Wildman–Crippen LogP) is 3.66. The number of rotatable bonds is 3. The zero-order valence-electron chi connectivity index (χ0n) is 13.2. The molecule has 1 aromatic rings. The Morgan fingerprint density at radius 2 is 2.05 bits per heavy atom. The van der Waals surface area contributed by atoms with Crippen LogP contribution in [0.4, 0.5) is 0 Å². The molecule has 1 fully saturated rings. The van der Waals surface area contributed by atoms with Crippen molar-refractivity contribution in [3.8, 4) is 0 Å². The monoisotopic (exact) mass is 278 g/mol. The average molecular weight is 278 g/mol. The van der Waals surface area contributed by atoms with E-state index < -0.39 is 0 Å². The average Bonchev–Trinajstić information content (AvgIpc) is 2.77. The Kier molecular flexibility index (Phi) is 4.51. The Hall–Kier alpha value is -1.32. The van der Waals surface area contributed by atoms with E-state index in [1.165, 1.54) is 12.8 Å². The van der Waals surface area contributed by atoms with E-state index in [0.717, 1.165) is 6.42 Å². The maximum absolute atomic E-state index is 12.6. The van der Waals surface area contributed by atoms with Gasteiger partial charge in [0.25, 0.3) is 5.91 Å². The molecule has 1 amide bonds. The maximum atomic E-state index is 12.6. The first-order valence-corrected chi connectivity index (χ1v) is 7.68. The summed E-state index contributed by atoms with van der Waals surface area (Å²) in [4.78, 5) is 12.6. The summed E-state index contributed by atoms with van der Waals surface area (Å²) < 4.78 is 5.30. The summed E-state index contributed by atoms with van der Waals surface area (Å²) in [5.41, 5.74) is 1.31. The van der Waals surface area contributed by atoms with Crippen LogP contribution >= 0.6 is 0 Å². The highest BCUT2D eigenvalue weighted by molar-refractivity contribution is 5.96. The van der Waals surface area contributed by atoms with Gasteiger partial charge in [-0.3, -0.25) is 4.79 Å². The van der Waals surface area contributed by atoms with E-state index in [9.17, 15) is 4.79 Å². The van der Waals surface area contributed by atoms with Crippen LogP contribution in [0.15, 0.2) is 4.52 Å². The van der Waals surface area contributed by atoms with Gasteiger partial charge < -0.3 is 9.84 Å². The molecular weight excluding hydrogens is 252 g/mol. The molecule has 0 bridgehead atoms. The van der Waals surface area contributed by atoms with Crippen molar-refractivity contribution < 1.29 is 9.32 Å². The van der Waals surface area contributed by atoms with Gasteiger partial charge in [0, 0.05) is 12.0 Å². The van der Waals surface area contributed by atoms with Crippen molar-refractivity contribution in [2.75, 3.05) is 0 Å². The molecule has 0 saturated heterocycles. The van der Waals surface area contributed by atoms with Gasteiger partial charge in [0.1, 0.15) is 5.56 Å². The lowest BCUT2D eigenvalue weighted by Crippen LogP contribution is -2.44. The Morgan fingerprint density at radius 3 is 2.70 bits per heavy atom. The molecule has 1 aromatic heterocycles. The van der Waals surface area contributed by atoms with E-state index in [4.69, 9.17) is 4.52 Å². The Bertz CT molecular complexity index is 479. The van der Waals surface area contributed by atoms with E-state index in [1.807, 2.05) is 20.8 Å². The van der Waals surface area contributed by atoms with E-state index in [2.05, 4.69) is 24.3 Å². The standard InChI is InChI=1S/C16H26N2O2/c1-9(2)15-14(12(5)18-20-15)16(19)17-13-8-6-7-10(3)11(13)4/h9-11,13H,6-8H2,1-5H3,(H,17,19). The summed E-state index contributed by atoms with van der Waals surface area (Å²) in [6, 6.07) is 0.264. The Morgan fingerprint density at radius 1 is 1.35 bits per heavy atom. The molecule has 4 nitrogen and oxygen atoms in total. The van der Waals surface area contributed by atoms with Crippen LogP contribution in [0.25, 0.3) is 0 Å². The molecule has 2 rings (SSSR count). The van der Waals surface area contributed by atoms with Gasteiger partial charge in [0.05, 0.1) is 5.69 Å². The molecule has 0 radical (unpaired) electrons. The smallest absolute Gasteiger partial charge is 0.257 e. The van der Waals surface area contributed by atoms with Crippen molar-refractivity contribution in [3.05, 3.63) is 17.0 Å². The molecular formula is C16H26N2O2. The number of nitrogens with zero attached hydrogens (tertiary/aromatic N) is 1. The number of amides is 1. The summed E-state index contributed by atoms with van der Waals surface area (Å²) in [6.07, 6.45) is 3.52. The number of aryl methyl sites for hydroxylation is 1. The fourth-order valence-electron chi connectivity index (χ4n) is 3.08. The predicted molar refractivity (Wildman–Crippen MR) is 78.8 cm³/mol. The van der Waals surface area contributed by atoms with E-state index in [-0.39, 0.29) is 17.9 Å². The summed E-state index contributed by atoms with van der Waals surface area (Å²) >= 11 is 0. The first kappa shape index (κ1) is 15.1. The van der Waals surface area contributed by atoms with Crippen LogP contribution < -0.4 is 5.32 Å². The van der Waals surface area contributed by atoms with Crippen molar-refractivity contribution in [3.63, 3.8) is 0 Å². The third kappa shape index (κ3) is 2.89. The first-order valence-electron chi connectivity index (χ1n) is 7.68. The van der Waals surface area contributed by atoms with E-state index in [0.29, 0.717) is 28.9 Å².